The Hall–Kier alpha value is -3.09. The number of anilines is 1. The maximum Gasteiger partial charge on any atom is 0.329 e. The quantitative estimate of drug-likeness (QED) is 0.486. The van der Waals surface area contributed by atoms with Gasteiger partial charge in [-0.3, -0.25) is 4.79 Å². The Morgan fingerprint density at radius 1 is 1.23 bits per heavy atom. The molecule has 1 heterocycles. The summed E-state index contributed by atoms with van der Waals surface area (Å²) >= 11 is 0. The molecule has 0 atom stereocenters. The third-order valence-corrected chi connectivity index (χ3v) is 3.19. The standard InChI is InChI=1S/C19H24N4O3/c1-13(2)25-17-8-6-5-7-16(17)12-21-19(23-26-15(4)24)22-18-10-9-14(3)11-20-18/h5-11,13H,12H2,1-4H3,(H2,20,21,22,23). The van der Waals surface area contributed by atoms with E-state index in [1.165, 1.54) is 6.92 Å². The molecule has 0 fully saturated rings. The van der Waals surface area contributed by atoms with Gasteiger partial charge >= 0.3 is 5.97 Å². The SMILES string of the molecule is CC(=O)ONC(=NCc1ccccc1OC(C)C)Nc1ccc(C)cn1. The summed E-state index contributed by atoms with van der Waals surface area (Å²) in [6, 6.07) is 11.4. The van der Waals surface area contributed by atoms with E-state index < -0.39 is 5.97 Å². The van der Waals surface area contributed by atoms with E-state index in [4.69, 9.17) is 9.57 Å². The normalized spacial score (nSPS) is 11.2. The van der Waals surface area contributed by atoms with Gasteiger partial charge in [0.1, 0.15) is 11.6 Å². The summed E-state index contributed by atoms with van der Waals surface area (Å²) in [6.07, 6.45) is 1.80. The van der Waals surface area contributed by atoms with E-state index in [1.807, 2.05) is 57.2 Å². The first kappa shape index (κ1) is 19.2. The molecule has 0 radical (unpaired) electrons. The molecule has 0 bridgehead atoms. The van der Waals surface area contributed by atoms with E-state index in [-0.39, 0.29) is 12.1 Å². The number of benzene rings is 1. The molecule has 0 spiro atoms. The minimum absolute atomic E-state index is 0.0636. The fourth-order valence-electron chi connectivity index (χ4n) is 2.05. The molecular formula is C19H24N4O3. The minimum Gasteiger partial charge on any atom is -0.491 e. The molecule has 26 heavy (non-hydrogen) atoms. The highest BCUT2D eigenvalue weighted by molar-refractivity contribution is 5.92. The number of nitrogens with zero attached hydrogens (tertiary/aromatic N) is 2. The van der Waals surface area contributed by atoms with Crippen molar-refractivity contribution in [3.8, 4) is 5.75 Å². The minimum atomic E-state index is -0.472. The number of rotatable bonds is 5. The van der Waals surface area contributed by atoms with Crippen molar-refractivity contribution in [2.75, 3.05) is 5.32 Å². The molecule has 0 saturated carbocycles. The summed E-state index contributed by atoms with van der Waals surface area (Å²) in [5, 5.41) is 3.00. The van der Waals surface area contributed by atoms with Crippen LogP contribution in [-0.4, -0.2) is 23.0 Å². The van der Waals surface area contributed by atoms with Crippen molar-refractivity contribution in [1.82, 2.24) is 10.5 Å². The number of pyridine rings is 1. The lowest BCUT2D eigenvalue weighted by atomic mass is 10.2. The maximum atomic E-state index is 11.1. The molecule has 0 aliphatic heterocycles. The van der Waals surface area contributed by atoms with Gasteiger partial charge in [0.05, 0.1) is 12.6 Å². The lowest BCUT2D eigenvalue weighted by Crippen LogP contribution is -2.32. The van der Waals surface area contributed by atoms with Gasteiger partial charge in [0.15, 0.2) is 0 Å². The van der Waals surface area contributed by atoms with Crippen molar-refractivity contribution >= 4 is 17.7 Å². The highest BCUT2D eigenvalue weighted by Crippen LogP contribution is 2.20. The van der Waals surface area contributed by atoms with Crippen molar-refractivity contribution in [3.05, 3.63) is 53.7 Å². The monoisotopic (exact) mass is 356 g/mol. The largest absolute Gasteiger partial charge is 0.491 e. The van der Waals surface area contributed by atoms with Crippen molar-refractivity contribution in [2.24, 2.45) is 4.99 Å². The molecule has 138 valence electrons. The molecule has 0 saturated heterocycles. The Morgan fingerprint density at radius 3 is 2.65 bits per heavy atom. The van der Waals surface area contributed by atoms with Crippen LogP contribution in [0.4, 0.5) is 5.82 Å². The molecule has 7 nitrogen and oxygen atoms in total. The Morgan fingerprint density at radius 2 is 2.00 bits per heavy atom. The summed E-state index contributed by atoms with van der Waals surface area (Å²) in [5.74, 6) is 1.16. The molecule has 0 amide bonds. The fraction of sp³-hybridized carbons (Fsp3) is 0.316. The molecule has 0 aliphatic carbocycles. The summed E-state index contributed by atoms with van der Waals surface area (Å²) in [4.78, 5) is 24.6. The molecule has 0 unspecified atom stereocenters. The maximum absolute atomic E-state index is 11.1. The summed E-state index contributed by atoms with van der Waals surface area (Å²) in [7, 11) is 0. The number of guanidine groups is 1. The number of carbonyl (C=O) groups is 1. The van der Waals surface area contributed by atoms with Crippen LogP contribution in [0.5, 0.6) is 5.75 Å². The van der Waals surface area contributed by atoms with E-state index in [0.717, 1.165) is 16.9 Å². The van der Waals surface area contributed by atoms with Gasteiger partial charge in [0.2, 0.25) is 5.96 Å². The molecular weight excluding hydrogens is 332 g/mol. The Labute approximate surface area is 153 Å². The number of ether oxygens (including phenoxy) is 1. The van der Waals surface area contributed by atoms with E-state index in [0.29, 0.717) is 12.4 Å². The average molecular weight is 356 g/mol. The summed E-state index contributed by atoms with van der Waals surface area (Å²) < 4.78 is 5.80. The van der Waals surface area contributed by atoms with Crippen molar-refractivity contribution in [2.45, 2.75) is 40.3 Å². The number of aliphatic imine (C=N–C) groups is 1. The smallest absolute Gasteiger partial charge is 0.329 e. The van der Waals surface area contributed by atoms with Gasteiger partial charge in [-0.1, -0.05) is 24.3 Å². The molecule has 2 rings (SSSR count). The van der Waals surface area contributed by atoms with Crippen molar-refractivity contribution in [1.29, 1.82) is 0 Å². The number of hydrogen-bond acceptors (Lipinski definition) is 5. The summed E-state index contributed by atoms with van der Waals surface area (Å²) in [6.45, 7) is 7.54. The van der Waals surface area contributed by atoms with Crippen molar-refractivity contribution in [3.63, 3.8) is 0 Å². The lowest BCUT2D eigenvalue weighted by molar-refractivity contribution is -0.145. The number of aromatic nitrogens is 1. The number of carbonyl (C=O) groups excluding carboxylic acids is 1. The van der Waals surface area contributed by atoms with Crippen LogP contribution >= 0.6 is 0 Å². The van der Waals surface area contributed by atoms with Gasteiger partial charge in [-0.15, -0.1) is 0 Å². The van der Waals surface area contributed by atoms with Crippen LogP contribution in [-0.2, 0) is 16.2 Å². The van der Waals surface area contributed by atoms with E-state index in [1.54, 1.807) is 6.20 Å². The summed E-state index contributed by atoms with van der Waals surface area (Å²) in [5.41, 5.74) is 4.48. The zero-order chi connectivity index (χ0) is 18.9. The van der Waals surface area contributed by atoms with Crippen LogP contribution in [0.15, 0.2) is 47.6 Å². The first-order chi connectivity index (χ1) is 12.4. The van der Waals surface area contributed by atoms with Gasteiger partial charge in [-0.2, -0.15) is 5.48 Å². The van der Waals surface area contributed by atoms with Crippen LogP contribution in [0.25, 0.3) is 0 Å². The predicted octanol–water partition coefficient (Wildman–Crippen LogP) is 3.21. The van der Waals surface area contributed by atoms with Gasteiger partial charge < -0.3 is 14.9 Å². The highest BCUT2D eigenvalue weighted by atomic mass is 16.7. The Balaban J connectivity index is 2.16. The number of hydrogen-bond donors (Lipinski definition) is 2. The van der Waals surface area contributed by atoms with Gasteiger partial charge in [-0.05, 0) is 38.5 Å². The molecule has 1 aromatic carbocycles. The predicted molar refractivity (Wildman–Crippen MR) is 101 cm³/mol. The van der Waals surface area contributed by atoms with Gasteiger partial charge in [0.25, 0.3) is 0 Å². The second-order valence-electron chi connectivity index (χ2n) is 5.98. The van der Waals surface area contributed by atoms with Crippen molar-refractivity contribution < 1.29 is 14.4 Å². The number of hydroxylamine groups is 1. The lowest BCUT2D eigenvalue weighted by Gasteiger charge is -2.14. The zero-order valence-corrected chi connectivity index (χ0v) is 15.4. The average Bonchev–Trinajstić information content (AvgIpc) is 2.59. The molecule has 2 aromatic rings. The van der Waals surface area contributed by atoms with Crippen LogP contribution in [0.1, 0.15) is 31.9 Å². The molecule has 0 aliphatic rings. The number of aryl methyl sites for hydroxylation is 1. The second-order valence-corrected chi connectivity index (χ2v) is 5.98. The van der Waals surface area contributed by atoms with Crippen LogP contribution in [0, 0.1) is 6.92 Å². The Kier molecular flexibility index (Phi) is 6.96. The van der Waals surface area contributed by atoms with E-state index in [9.17, 15) is 4.79 Å². The number of para-hydroxylation sites is 1. The third kappa shape index (κ3) is 6.43. The van der Waals surface area contributed by atoms with E-state index in [2.05, 4.69) is 20.8 Å². The van der Waals surface area contributed by atoms with Gasteiger partial charge in [-0.25, -0.2) is 9.98 Å². The van der Waals surface area contributed by atoms with Gasteiger partial charge in [0, 0.05) is 18.7 Å². The third-order valence-electron chi connectivity index (χ3n) is 3.19. The zero-order valence-electron chi connectivity index (χ0n) is 15.4. The fourth-order valence-corrected chi connectivity index (χ4v) is 2.05. The Bertz CT molecular complexity index is 758. The second kappa shape index (κ2) is 9.41. The van der Waals surface area contributed by atoms with Crippen LogP contribution < -0.4 is 15.5 Å². The number of nitrogens with one attached hydrogen (secondary N) is 2. The van der Waals surface area contributed by atoms with E-state index >= 15 is 0 Å². The first-order valence-corrected chi connectivity index (χ1v) is 8.36. The molecule has 1 aromatic heterocycles. The highest BCUT2D eigenvalue weighted by Gasteiger charge is 2.07. The molecule has 7 heteroatoms. The molecule has 2 N–H and O–H groups in total. The van der Waals surface area contributed by atoms with Crippen LogP contribution in [0.2, 0.25) is 0 Å². The van der Waals surface area contributed by atoms with Crippen LogP contribution in [0.3, 0.4) is 0 Å². The topological polar surface area (TPSA) is 84.8 Å². The first-order valence-electron chi connectivity index (χ1n) is 8.36.